The number of carbonyl (C=O) groups excluding carboxylic acids is 2. The first-order valence-electron chi connectivity index (χ1n) is 13.3. The molecule has 2 aromatic carbocycles. The van der Waals surface area contributed by atoms with E-state index in [1.54, 1.807) is 42.0 Å². The Morgan fingerprint density at radius 2 is 1.66 bits per heavy atom. The molecule has 1 amide bonds. The number of fused-ring (bicyclic) bond motifs is 1. The number of hydrogen-bond acceptors (Lipinski definition) is 6. The molecule has 0 saturated heterocycles. The molecule has 8 heteroatoms. The summed E-state index contributed by atoms with van der Waals surface area (Å²) in [6, 6.07) is 26.2. The molecule has 0 saturated carbocycles. The Bertz CT molecular complexity index is 1670. The molecule has 1 N–H and O–H groups in total. The second-order valence-corrected chi connectivity index (χ2v) is 9.86. The van der Waals surface area contributed by atoms with Crippen LogP contribution in [0.4, 0.5) is 11.5 Å². The Morgan fingerprint density at radius 3 is 2.37 bits per heavy atom. The number of amides is 1. The predicted octanol–water partition coefficient (Wildman–Crippen LogP) is 5.96. The molecule has 0 spiro atoms. The van der Waals surface area contributed by atoms with Gasteiger partial charge in [0.1, 0.15) is 29.6 Å². The molecular formula is C33H32N4O4. The van der Waals surface area contributed by atoms with Crippen molar-refractivity contribution in [2.45, 2.75) is 13.8 Å². The summed E-state index contributed by atoms with van der Waals surface area (Å²) in [7, 11) is 3.54. The zero-order chi connectivity index (χ0) is 28.9. The van der Waals surface area contributed by atoms with Gasteiger partial charge in [-0.3, -0.25) is 9.59 Å². The highest BCUT2D eigenvalue weighted by molar-refractivity contribution is 6.47. The van der Waals surface area contributed by atoms with Gasteiger partial charge in [0.2, 0.25) is 0 Å². The van der Waals surface area contributed by atoms with E-state index in [1.807, 2.05) is 79.5 Å². The van der Waals surface area contributed by atoms with Crippen LogP contribution < -0.4 is 19.7 Å². The molecule has 0 atom stereocenters. The summed E-state index contributed by atoms with van der Waals surface area (Å²) in [5, 5.41) is 2.73. The fourth-order valence-corrected chi connectivity index (χ4v) is 4.70. The first-order chi connectivity index (χ1) is 19.8. The first kappa shape index (κ1) is 27.5. The van der Waals surface area contributed by atoms with Crippen molar-refractivity contribution < 1.29 is 19.1 Å². The van der Waals surface area contributed by atoms with E-state index in [2.05, 4.69) is 17.2 Å². The minimum absolute atomic E-state index is 0.268. The Kier molecular flexibility index (Phi) is 8.01. The smallest absolute Gasteiger partial charge is 0.298 e. The number of rotatable bonds is 10. The topological polar surface area (TPSA) is 85.2 Å². The highest BCUT2D eigenvalue weighted by atomic mass is 16.5. The third-order valence-corrected chi connectivity index (χ3v) is 6.77. The maximum absolute atomic E-state index is 13.5. The summed E-state index contributed by atoms with van der Waals surface area (Å²) in [6.45, 7) is 5.15. The summed E-state index contributed by atoms with van der Waals surface area (Å²) in [5.74, 6) is 0.751. The summed E-state index contributed by atoms with van der Waals surface area (Å²) in [6.07, 6.45) is 1.71. The van der Waals surface area contributed by atoms with Crippen molar-refractivity contribution in [3.05, 3.63) is 108 Å². The van der Waals surface area contributed by atoms with Gasteiger partial charge in [-0.25, -0.2) is 4.98 Å². The van der Waals surface area contributed by atoms with Gasteiger partial charge in [0.05, 0.1) is 19.9 Å². The highest BCUT2D eigenvalue weighted by Gasteiger charge is 2.25. The summed E-state index contributed by atoms with van der Waals surface area (Å²) >= 11 is 0. The van der Waals surface area contributed by atoms with E-state index in [-0.39, 0.29) is 5.69 Å². The molecule has 3 heterocycles. The number of benzene rings is 2. The second-order valence-electron chi connectivity index (χ2n) is 9.86. The number of ether oxygens (including phenoxy) is 2. The number of Topliss-reactive ketones (excluding diaryl/α,β-unsaturated/α-hetero) is 1. The molecule has 0 aliphatic rings. The summed E-state index contributed by atoms with van der Waals surface area (Å²) in [4.78, 5) is 33.3. The standard InChI is InChI=1S/C33H32N4O4/c1-22-18-23(2)34-30(19-22)36(3)16-17-41-27-13-10-25(11-14-27)35-33(39)32(38)31-29(24-8-6-5-7-9-24)20-26-12-15-28(40-4)21-37(26)31/h5-15,18-21H,16-17H2,1-4H3,(H,35,39). The van der Waals surface area contributed by atoms with Crippen molar-refractivity contribution in [1.29, 1.82) is 0 Å². The zero-order valence-electron chi connectivity index (χ0n) is 23.5. The van der Waals surface area contributed by atoms with Crippen LogP contribution in [0.25, 0.3) is 16.6 Å². The lowest BCUT2D eigenvalue weighted by Gasteiger charge is -2.19. The number of likely N-dealkylation sites (N-methyl/N-ethyl adjacent to an activating group) is 1. The minimum Gasteiger partial charge on any atom is -0.495 e. The molecule has 208 valence electrons. The van der Waals surface area contributed by atoms with E-state index < -0.39 is 11.7 Å². The molecule has 0 bridgehead atoms. The van der Waals surface area contributed by atoms with Crippen LogP contribution >= 0.6 is 0 Å². The minimum atomic E-state index is -0.735. The molecule has 0 unspecified atom stereocenters. The van der Waals surface area contributed by atoms with Crippen LogP contribution in [0.2, 0.25) is 0 Å². The fraction of sp³-hybridized carbons (Fsp3) is 0.182. The quantitative estimate of drug-likeness (QED) is 0.171. The van der Waals surface area contributed by atoms with Crippen molar-refractivity contribution >= 4 is 28.7 Å². The SMILES string of the molecule is COc1ccc2cc(-c3ccccc3)c(C(=O)C(=O)Nc3ccc(OCCN(C)c4cc(C)cc(C)n4)cc3)n2c1. The lowest BCUT2D eigenvalue weighted by molar-refractivity contribution is -0.112. The van der Waals surface area contributed by atoms with E-state index in [0.29, 0.717) is 35.9 Å². The largest absolute Gasteiger partial charge is 0.495 e. The van der Waals surface area contributed by atoms with Gasteiger partial charge >= 0.3 is 0 Å². The second kappa shape index (κ2) is 12.0. The molecule has 3 aromatic heterocycles. The molecule has 0 fully saturated rings. The Balaban J connectivity index is 1.27. The van der Waals surface area contributed by atoms with Crippen molar-refractivity contribution in [2.75, 3.05) is 37.5 Å². The van der Waals surface area contributed by atoms with Crippen LogP contribution in [0.1, 0.15) is 21.7 Å². The van der Waals surface area contributed by atoms with E-state index in [4.69, 9.17) is 9.47 Å². The average Bonchev–Trinajstić information content (AvgIpc) is 3.36. The molecule has 8 nitrogen and oxygen atoms in total. The predicted molar refractivity (Wildman–Crippen MR) is 161 cm³/mol. The molecule has 5 aromatic rings. The number of anilines is 2. The van der Waals surface area contributed by atoms with Crippen LogP contribution in [0.3, 0.4) is 0 Å². The van der Waals surface area contributed by atoms with Crippen molar-refractivity contribution in [1.82, 2.24) is 9.38 Å². The number of nitrogens with zero attached hydrogens (tertiary/aromatic N) is 3. The molecular weight excluding hydrogens is 516 g/mol. The van der Waals surface area contributed by atoms with Gasteiger partial charge in [-0.15, -0.1) is 0 Å². The molecule has 0 radical (unpaired) electrons. The molecule has 5 rings (SSSR count). The van der Waals surface area contributed by atoms with Crippen LogP contribution in [0.15, 0.2) is 91.1 Å². The van der Waals surface area contributed by atoms with Gasteiger partial charge < -0.3 is 24.1 Å². The molecule has 0 aliphatic heterocycles. The first-order valence-corrected chi connectivity index (χ1v) is 13.3. The van der Waals surface area contributed by atoms with Gasteiger partial charge in [0, 0.05) is 29.5 Å². The normalized spacial score (nSPS) is 10.8. The monoisotopic (exact) mass is 548 g/mol. The zero-order valence-corrected chi connectivity index (χ0v) is 23.5. The molecule has 0 aliphatic carbocycles. The van der Waals surface area contributed by atoms with Gasteiger partial charge in [-0.1, -0.05) is 30.3 Å². The number of ketones is 1. The van der Waals surface area contributed by atoms with E-state index in [0.717, 1.165) is 28.2 Å². The van der Waals surface area contributed by atoms with Crippen molar-refractivity contribution in [2.24, 2.45) is 0 Å². The van der Waals surface area contributed by atoms with E-state index in [1.165, 1.54) is 0 Å². The number of aryl methyl sites for hydroxylation is 2. The number of hydrogen-bond donors (Lipinski definition) is 1. The summed E-state index contributed by atoms with van der Waals surface area (Å²) in [5.41, 5.74) is 5.19. The van der Waals surface area contributed by atoms with Crippen LogP contribution in [-0.2, 0) is 4.79 Å². The Morgan fingerprint density at radius 1 is 0.927 bits per heavy atom. The maximum Gasteiger partial charge on any atom is 0.298 e. The van der Waals surface area contributed by atoms with Crippen molar-refractivity contribution in [3.8, 4) is 22.6 Å². The van der Waals surface area contributed by atoms with Gasteiger partial charge in [0.25, 0.3) is 11.7 Å². The number of pyridine rings is 2. The van der Waals surface area contributed by atoms with Crippen molar-refractivity contribution in [3.63, 3.8) is 0 Å². The third kappa shape index (κ3) is 6.22. The maximum atomic E-state index is 13.5. The Hall–Kier alpha value is -5.11. The van der Waals surface area contributed by atoms with Gasteiger partial charge in [-0.05, 0) is 79.6 Å². The van der Waals surface area contributed by atoms with Crippen LogP contribution in [-0.4, -0.2) is 48.4 Å². The van der Waals surface area contributed by atoms with Gasteiger partial charge in [-0.2, -0.15) is 0 Å². The van der Waals surface area contributed by atoms with Gasteiger partial charge in [0.15, 0.2) is 0 Å². The molecule has 41 heavy (non-hydrogen) atoms. The fourth-order valence-electron chi connectivity index (χ4n) is 4.70. The highest BCUT2D eigenvalue weighted by Crippen LogP contribution is 2.30. The van der Waals surface area contributed by atoms with Crippen LogP contribution in [0.5, 0.6) is 11.5 Å². The summed E-state index contributed by atoms with van der Waals surface area (Å²) < 4.78 is 13.0. The van der Waals surface area contributed by atoms with Crippen LogP contribution in [0, 0.1) is 13.8 Å². The van der Waals surface area contributed by atoms with E-state index >= 15 is 0 Å². The number of carbonyl (C=O) groups is 2. The third-order valence-electron chi connectivity index (χ3n) is 6.77. The Labute approximate surface area is 239 Å². The number of methoxy groups -OCH3 is 1. The number of aromatic nitrogens is 2. The average molecular weight is 549 g/mol. The lowest BCUT2D eigenvalue weighted by atomic mass is 10.0. The lowest BCUT2D eigenvalue weighted by Crippen LogP contribution is -2.25. The van der Waals surface area contributed by atoms with E-state index in [9.17, 15) is 9.59 Å². The number of nitrogens with one attached hydrogen (secondary N) is 1.